The summed E-state index contributed by atoms with van der Waals surface area (Å²) in [7, 11) is -2.46. The lowest BCUT2D eigenvalue weighted by molar-refractivity contribution is -0.133. The predicted octanol–water partition coefficient (Wildman–Crippen LogP) is 2.57. The van der Waals surface area contributed by atoms with E-state index >= 15 is 0 Å². The van der Waals surface area contributed by atoms with E-state index in [1.165, 1.54) is 0 Å². The Hall–Kier alpha value is -2.40. The lowest BCUT2D eigenvalue weighted by Crippen LogP contribution is -1.98. The highest BCUT2D eigenvalue weighted by atomic mass is 32.2. The fraction of sp³-hybridized carbons (Fsp3) is 0.167. The molecule has 0 saturated carbocycles. The van der Waals surface area contributed by atoms with Gasteiger partial charge in [0.2, 0.25) is 0 Å². The van der Waals surface area contributed by atoms with Crippen molar-refractivity contribution in [2.45, 2.75) is 12.7 Å². The molecule has 118 valence electrons. The zero-order chi connectivity index (χ0) is 16.4. The first-order valence-corrected chi connectivity index (χ1v) is 8.60. The minimum atomic E-state index is -2.46. The first-order chi connectivity index (χ1) is 11.1. The molecule has 1 aliphatic heterocycles. The van der Waals surface area contributed by atoms with Gasteiger partial charge in [-0.25, -0.2) is 13.2 Å². The molecule has 5 heteroatoms. The van der Waals surface area contributed by atoms with Crippen LogP contribution in [-0.2, 0) is 26.0 Å². The molecule has 0 radical (unpaired) electrons. The van der Waals surface area contributed by atoms with Crippen LogP contribution in [0, 0.1) is 6.92 Å². The maximum atomic E-state index is 12.1. The number of thiol groups is 1. The average molecular weight is 328 g/mol. The van der Waals surface area contributed by atoms with Crippen molar-refractivity contribution in [1.82, 2.24) is 0 Å². The van der Waals surface area contributed by atoms with Crippen LogP contribution in [0.1, 0.15) is 22.3 Å². The lowest BCUT2D eigenvalue weighted by atomic mass is 9.94. The van der Waals surface area contributed by atoms with Gasteiger partial charge in [0.1, 0.15) is 17.3 Å². The Morgan fingerprint density at radius 3 is 2.43 bits per heavy atom. The van der Waals surface area contributed by atoms with E-state index in [4.69, 9.17) is 4.74 Å². The summed E-state index contributed by atoms with van der Waals surface area (Å²) in [5.41, 5.74) is 4.79. The predicted molar refractivity (Wildman–Crippen MR) is 89.4 cm³/mol. The summed E-state index contributed by atoms with van der Waals surface area (Å²) < 4.78 is 27.0. The molecule has 1 heterocycles. The van der Waals surface area contributed by atoms with Crippen molar-refractivity contribution in [2.75, 3.05) is 6.61 Å². The number of hydrogen-bond acceptors (Lipinski definition) is 4. The SMILES string of the molecule is Cc1cc(C2=C(c3ccccc3)C(=O)OC2)ccc1C[SH](=O)=O. The molecule has 2 aromatic carbocycles. The van der Waals surface area contributed by atoms with E-state index in [1.54, 1.807) is 6.07 Å². The molecule has 0 unspecified atom stereocenters. The third-order valence-corrected chi connectivity index (χ3v) is 4.51. The van der Waals surface area contributed by atoms with Gasteiger partial charge in [0.05, 0.1) is 11.3 Å². The highest BCUT2D eigenvalue weighted by Gasteiger charge is 2.27. The van der Waals surface area contributed by atoms with Gasteiger partial charge < -0.3 is 4.74 Å². The molecule has 0 saturated heterocycles. The smallest absolute Gasteiger partial charge is 0.339 e. The molecule has 3 rings (SSSR count). The van der Waals surface area contributed by atoms with E-state index in [-0.39, 0.29) is 18.3 Å². The second-order valence-corrected chi connectivity index (χ2v) is 6.41. The van der Waals surface area contributed by atoms with E-state index in [2.05, 4.69) is 0 Å². The molecule has 23 heavy (non-hydrogen) atoms. The summed E-state index contributed by atoms with van der Waals surface area (Å²) in [6.07, 6.45) is 0. The van der Waals surface area contributed by atoms with Gasteiger partial charge >= 0.3 is 5.97 Å². The molecule has 0 bridgehead atoms. The average Bonchev–Trinajstić information content (AvgIpc) is 2.91. The molecule has 0 amide bonds. The number of carbonyl (C=O) groups is 1. The lowest BCUT2D eigenvalue weighted by Gasteiger charge is -2.08. The molecule has 0 fully saturated rings. The Kier molecular flexibility index (Phi) is 4.30. The van der Waals surface area contributed by atoms with E-state index in [0.29, 0.717) is 5.57 Å². The number of aryl methyl sites for hydroxylation is 1. The number of carbonyl (C=O) groups excluding carboxylic acids is 1. The second kappa shape index (κ2) is 6.38. The van der Waals surface area contributed by atoms with Crippen LogP contribution in [-0.4, -0.2) is 21.0 Å². The molecular weight excluding hydrogens is 312 g/mol. The Balaban J connectivity index is 2.07. The Bertz CT molecular complexity index is 856. The molecule has 4 nitrogen and oxygen atoms in total. The normalized spacial score (nSPS) is 14.4. The Morgan fingerprint density at radius 1 is 1.04 bits per heavy atom. The number of rotatable bonds is 4. The summed E-state index contributed by atoms with van der Waals surface area (Å²) in [6.45, 7) is 2.11. The van der Waals surface area contributed by atoms with Gasteiger partial charge in [0, 0.05) is 5.57 Å². The minimum absolute atomic E-state index is 0.0292. The van der Waals surface area contributed by atoms with Gasteiger partial charge in [-0.3, -0.25) is 0 Å². The van der Waals surface area contributed by atoms with Gasteiger partial charge in [-0.05, 0) is 29.2 Å². The van der Waals surface area contributed by atoms with Gasteiger partial charge in [-0.15, -0.1) is 0 Å². The molecule has 2 aromatic rings. The first-order valence-electron chi connectivity index (χ1n) is 7.23. The van der Waals surface area contributed by atoms with E-state index in [9.17, 15) is 13.2 Å². The largest absolute Gasteiger partial charge is 0.457 e. The molecule has 0 atom stereocenters. The minimum Gasteiger partial charge on any atom is -0.457 e. The molecule has 0 spiro atoms. The van der Waals surface area contributed by atoms with E-state index in [0.717, 1.165) is 27.8 Å². The van der Waals surface area contributed by atoms with Crippen molar-refractivity contribution in [3.8, 4) is 0 Å². The van der Waals surface area contributed by atoms with Crippen molar-refractivity contribution in [3.63, 3.8) is 0 Å². The van der Waals surface area contributed by atoms with Gasteiger partial charge in [-0.2, -0.15) is 0 Å². The van der Waals surface area contributed by atoms with Crippen LogP contribution in [0.15, 0.2) is 48.5 Å². The van der Waals surface area contributed by atoms with Gasteiger partial charge in [-0.1, -0.05) is 48.5 Å². The van der Waals surface area contributed by atoms with E-state index in [1.807, 2.05) is 49.4 Å². The molecule has 1 aliphatic rings. The van der Waals surface area contributed by atoms with Crippen LogP contribution >= 0.6 is 0 Å². The molecule has 0 aromatic heterocycles. The maximum Gasteiger partial charge on any atom is 0.339 e. The fourth-order valence-corrected chi connectivity index (χ4v) is 3.36. The van der Waals surface area contributed by atoms with Crippen LogP contribution in [0.2, 0.25) is 0 Å². The second-order valence-electron chi connectivity index (χ2n) is 5.43. The van der Waals surface area contributed by atoms with Crippen LogP contribution < -0.4 is 0 Å². The standard InChI is InChI=1S/C18H16O4S/c1-12-9-14(7-8-15(12)11-23(20)21)16-10-22-18(19)17(16)13-5-3-2-4-6-13/h2-9,23H,10-11H2,1H3. The van der Waals surface area contributed by atoms with Crippen molar-refractivity contribution < 1.29 is 17.9 Å². The summed E-state index contributed by atoms with van der Waals surface area (Å²) in [4.78, 5) is 12.1. The number of benzene rings is 2. The zero-order valence-corrected chi connectivity index (χ0v) is 13.5. The fourth-order valence-electron chi connectivity index (χ4n) is 2.73. The quantitative estimate of drug-likeness (QED) is 0.692. The maximum absolute atomic E-state index is 12.1. The number of esters is 1. The van der Waals surface area contributed by atoms with Crippen LogP contribution in [0.25, 0.3) is 11.1 Å². The van der Waals surface area contributed by atoms with Gasteiger partial charge in [0.25, 0.3) is 0 Å². The highest BCUT2D eigenvalue weighted by Crippen LogP contribution is 2.33. The monoisotopic (exact) mass is 328 g/mol. The summed E-state index contributed by atoms with van der Waals surface area (Å²) >= 11 is 0. The van der Waals surface area contributed by atoms with Crippen LogP contribution in [0.5, 0.6) is 0 Å². The molecule has 0 N–H and O–H groups in total. The Morgan fingerprint density at radius 2 is 1.78 bits per heavy atom. The van der Waals surface area contributed by atoms with Crippen LogP contribution in [0.4, 0.5) is 0 Å². The number of ether oxygens (including phenoxy) is 1. The van der Waals surface area contributed by atoms with Crippen molar-refractivity contribution in [3.05, 3.63) is 70.8 Å². The van der Waals surface area contributed by atoms with Gasteiger partial charge in [0.15, 0.2) is 0 Å². The number of cyclic esters (lactones) is 1. The zero-order valence-electron chi connectivity index (χ0n) is 12.6. The van der Waals surface area contributed by atoms with E-state index < -0.39 is 10.7 Å². The third kappa shape index (κ3) is 3.19. The van der Waals surface area contributed by atoms with Crippen LogP contribution in [0.3, 0.4) is 0 Å². The summed E-state index contributed by atoms with van der Waals surface area (Å²) in [5, 5.41) is 0. The molecule has 0 aliphatic carbocycles. The molecular formula is C18H16O4S. The highest BCUT2D eigenvalue weighted by molar-refractivity contribution is 7.71. The Labute approximate surface area is 136 Å². The number of hydrogen-bond donors (Lipinski definition) is 1. The topological polar surface area (TPSA) is 60.4 Å². The summed E-state index contributed by atoms with van der Waals surface area (Å²) in [6, 6.07) is 15.0. The summed E-state index contributed by atoms with van der Waals surface area (Å²) in [5.74, 6) is -0.294. The first kappa shape index (κ1) is 15.5. The van der Waals surface area contributed by atoms with Crippen molar-refractivity contribution in [1.29, 1.82) is 0 Å². The van der Waals surface area contributed by atoms with Crippen molar-refractivity contribution in [2.24, 2.45) is 0 Å². The third-order valence-electron chi connectivity index (χ3n) is 3.91. The van der Waals surface area contributed by atoms with Crippen molar-refractivity contribution >= 4 is 27.8 Å².